The van der Waals surface area contributed by atoms with E-state index in [-0.39, 0.29) is 18.5 Å². The lowest BCUT2D eigenvalue weighted by Gasteiger charge is -2.40. The van der Waals surface area contributed by atoms with Crippen molar-refractivity contribution in [2.45, 2.75) is 19.9 Å². The zero-order valence-electron chi connectivity index (χ0n) is 24.3. The number of hydrogen-bond acceptors (Lipinski definition) is 6. The average Bonchev–Trinajstić information content (AvgIpc) is 3.01. The van der Waals surface area contributed by atoms with Crippen molar-refractivity contribution in [2.75, 3.05) is 45.9 Å². The van der Waals surface area contributed by atoms with Crippen LogP contribution in [0.2, 0.25) is 0 Å². The van der Waals surface area contributed by atoms with Crippen molar-refractivity contribution in [1.82, 2.24) is 20.0 Å². The predicted octanol–water partition coefficient (Wildman–Crippen LogP) is 4.98. The molecule has 3 aromatic carbocycles. The number of para-hydroxylation sites is 1. The van der Waals surface area contributed by atoms with E-state index in [1.54, 1.807) is 22.8 Å². The van der Waals surface area contributed by atoms with Crippen LogP contribution in [-0.2, 0) is 9.53 Å². The summed E-state index contributed by atoms with van der Waals surface area (Å²) in [6.07, 6.45) is 0. The lowest BCUT2D eigenvalue weighted by Crippen LogP contribution is -2.53. The Morgan fingerprint density at radius 1 is 0.907 bits per heavy atom. The van der Waals surface area contributed by atoms with E-state index in [1.807, 2.05) is 61.5 Å². The molecule has 0 saturated carbocycles. The van der Waals surface area contributed by atoms with Gasteiger partial charge in [0.05, 0.1) is 18.2 Å². The number of rotatable bonds is 9. The van der Waals surface area contributed by atoms with Gasteiger partial charge in [0, 0.05) is 50.5 Å². The summed E-state index contributed by atoms with van der Waals surface area (Å²) in [4.78, 5) is 45.2. The van der Waals surface area contributed by atoms with E-state index in [9.17, 15) is 18.8 Å². The molecular formula is C33H35FN4O5. The Morgan fingerprint density at radius 2 is 1.63 bits per heavy atom. The zero-order valence-corrected chi connectivity index (χ0v) is 24.3. The van der Waals surface area contributed by atoms with Crippen LogP contribution < -0.4 is 10.1 Å². The number of piperazine rings is 1. The molecule has 9 nitrogen and oxygen atoms in total. The largest absolute Gasteiger partial charge is 0.463 e. The molecule has 0 aliphatic carbocycles. The number of halogens is 1. The first kappa shape index (κ1) is 29.8. The van der Waals surface area contributed by atoms with Crippen LogP contribution in [0.3, 0.4) is 0 Å². The molecular weight excluding hydrogens is 551 g/mol. The zero-order chi connectivity index (χ0) is 30.3. The number of hydrogen-bond donors (Lipinski definition) is 1. The van der Waals surface area contributed by atoms with Gasteiger partial charge in [-0.1, -0.05) is 36.4 Å². The van der Waals surface area contributed by atoms with Crippen molar-refractivity contribution in [2.24, 2.45) is 0 Å². The van der Waals surface area contributed by atoms with Crippen molar-refractivity contribution < 1.29 is 28.2 Å². The molecule has 5 rings (SSSR count). The summed E-state index contributed by atoms with van der Waals surface area (Å²) in [5.74, 6) is 0.0525. The first-order valence-corrected chi connectivity index (χ1v) is 14.5. The van der Waals surface area contributed by atoms with Crippen LogP contribution in [0.1, 0.15) is 35.8 Å². The maximum absolute atomic E-state index is 13.7. The summed E-state index contributed by atoms with van der Waals surface area (Å²) in [6.45, 7) is 6.34. The Hall–Kier alpha value is -4.70. The van der Waals surface area contributed by atoms with E-state index in [0.29, 0.717) is 73.2 Å². The molecule has 0 bridgehead atoms. The minimum absolute atomic E-state index is 0.181. The second-order valence-corrected chi connectivity index (χ2v) is 10.3. The third-order valence-electron chi connectivity index (χ3n) is 7.52. The van der Waals surface area contributed by atoms with Gasteiger partial charge in [0.2, 0.25) is 0 Å². The fourth-order valence-corrected chi connectivity index (χ4v) is 5.41. The highest BCUT2D eigenvalue weighted by molar-refractivity contribution is 5.95. The predicted molar refractivity (Wildman–Crippen MR) is 159 cm³/mol. The third-order valence-corrected chi connectivity index (χ3v) is 7.52. The number of likely N-dealkylation sites (N-methyl/N-ethyl adjacent to an activating group) is 1. The van der Waals surface area contributed by atoms with Crippen molar-refractivity contribution in [3.05, 3.63) is 107 Å². The summed E-state index contributed by atoms with van der Waals surface area (Å²) in [5, 5.41) is 3.00. The molecule has 3 amide bonds. The van der Waals surface area contributed by atoms with Crippen LogP contribution >= 0.6 is 0 Å². The maximum atomic E-state index is 13.7. The number of carbonyl (C=O) groups is 3. The van der Waals surface area contributed by atoms with Gasteiger partial charge in [-0.2, -0.15) is 0 Å². The number of esters is 1. The molecule has 10 heteroatoms. The van der Waals surface area contributed by atoms with Crippen LogP contribution in [0, 0.1) is 5.82 Å². The van der Waals surface area contributed by atoms with Gasteiger partial charge in [0.15, 0.2) is 0 Å². The lowest BCUT2D eigenvalue weighted by atomic mass is 9.94. The van der Waals surface area contributed by atoms with Gasteiger partial charge in [0.1, 0.15) is 17.3 Å². The van der Waals surface area contributed by atoms with Gasteiger partial charge in [-0.05, 0) is 61.9 Å². The molecule has 2 heterocycles. The average molecular weight is 587 g/mol. The van der Waals surface area contributed by atoms with E-state index >= 15 is 0 Å². The highest BCUT2D eigenvalue weighted by atomic mass is 19.1. The molecule has 224 valence electrons. The van der Waals surface area contributed by atoms with Gasteiger partial charge in [0.25, 0.3) is 5.91 Å². The molecule has 0 aromatic heterocycles. The Balaban J connectivity index is 1.41. The monoisotopic (exact) mass is 586 g/mol. The van der Waals surface area contributed by atoms with E-state index in [1.165, 1.54) is 18.2 Å². The summed E-state index contributed by atoms with van der Waals surface area (Å²) in [7, 11) is 0. The normalized spacial score (nSPS) is 17.5. The fourth-order valence-electron chi connectivity index (χ4n) is 5.41. The number of nitrogens with one attached hydrogen (secondary N) is 1. The van der Waals surface area contributed by atoms with E-state index < -0.39 is 17.8 Å². The fraction of sp³-hybridized carbons (Fsp3) is 0.303. The minimum Gasteiger partial charge on any atom is -0.463 e. The Kier molecular flexibility index (Phi) is 9.36. The van der Waals surface area contributed by atoms with E-state index in [4.69, 9.17) is 9.47 Å². The highest BCUT2D eigenvalue weighted by Gasteiger charge is 2.39. The second kappa shape index (κ2) is 13.5. The molecule has 2 aliphatic heterocycles. The van der Waals surface area contributed by atoms with Crippen molar-refractivity contribution in [3.8, 4) is 11.5 Å². The Bertz CT molecular complexity index is 1500. The molecule has 1 unspecified atom stereocenters. The number of nitrogens with zero attached hydrogens (tertiary/aromatic N) is 3. The number of urea groups is 1. The summed E-state index contributed by atoms with van der Waals surface area (Å²) in [5.41, 5.74) is 1.92. The molecule has 1 saturated heterocycles. The SMILES string of the molecule is CCOC(=O)C1=C(CN2CCN(C(=O)c3cccc(F)c3)CC2)N(CC)C(=O)NC1c1cccc(Oc2ccccc2)c1. The van der Waals surface area contributed by atoms with Crippen molar-refractivity contribution in [3.63, 3.8) is 0 Å². The standard InChI is InChI=1S/C33H35FN4O5/c1-3-38-28(22-36-16-18-37(19-17-36)31(39)24-11-8-12-25(34)20-24)29(32(40)42-4-2)30(35-33(38)41)23-10-9-15-27(21-23)43-26-13-6-5-7-14-26/h5-15,20-21,30H,3-4,16-19,22H2,1-2H3,(H,35,41). The van der Waals surface area contributed by atoms with Gasteiger partial charge < -0.3 is 19.7 Å². The Morgan fingerprint density at radius 3 is 2.33 bits per heavy atom. The van der Waals surface area contributed by atoms with Crippen LogP contribution in [0.5, 0.6) is 11.5 Å². The van der Waals surface area contributed by atoms with Crippen molar-refractivity contribution >= 4 is 17.9 Å². The van der Waals surface area contributed by atoms with Crippen LogP contribution in [0.25, 0.3) is 0 Å². The Labute approximate surface area is 250 Å². The van der Waals surface area contributed by atoms with E-state index in [2.05, 4.69) is 10.2 Å². The maximum Gasteiger partial charge on any atom is 0.338 e. The minimum atomic E-state index is -0.750. The van der Waals surface area contributed by atoms with Crippen LogP contribution in [-0.4, -0.2) is 78.5 Å². The van der Waals surface area contributed by atoms with Crippen LogP contribution in [0.4, 0.5) is 9.18 Å². The highest BCUT2D eigenvalue weighted by Crippen LogP contribution is 2.34. The van der Waals surface area contributed by atoms with Crippen LogP contribution in [0.15, 0.2) is 90.1 Å². The van der Waals surface area contributed by atoms with Crippen molar-refractivity contribution in [1.29, 1.82) is 0 Å². The lowest BCUT2D eigenvalue weighted by molar-refractivity contribution is -0.139. The van der Waals surface area contributed by atoms with Gasteiger partial charge in [-0.15, -0.1) is 0 Å². The smallest absolute Gasteiger partial charge is 0.338 e. The first-order valence-electron chi connectivity index (χ1n) is 14.5. The molecule has 1 atom stereocenters. The first-order chi connectivity index (χ1) is 20.9. The molecule has 1 fully saturated rings. The molecule has 3 aromatic rings. The molecule has 43 heavy (non-hydrogen) atoms. The third kappa shape index (κ3) is 6.86. The molecule has 0 spiro atoms. The van der Waals surface area contributed by atoms with Gasteiger partial charge >= 0.3 is 12.0 Å². The van der Waals surface area contributed by atoms with E-state index in [0.717, 1.165) is 0 Å². The number of ether oxygens (including phenoxy) is 2. The molecule has 2 aliphatic rings. The van der Waals surface area contributed by atoms with Gasteiger partial charge in [-0.25, -0.2) is 14.0 Å². The topological polar surface area (TPSA) is 91.4 Å². The molecule has 0 radical (unpaired) electrons. The number of amides is 3. The number of carbonyl (C=O) groups excluding carboxylic acids is 3. The summed E-state index contributed by atoms with van der Waals surface area (Å²) < 4.78 is 25.2. The summed E-state index contributed by atoms with van der Waals surface area (Å²) >= 11 is 0. The van der Waals surface area contributed by atoms with Gasteiger partial charge in [-0.3, -0.25) is 14.6 Å². The summed E-state index contributed by atoms with van der Waals surface area (Å²) in [6, 6.07) is 21.3. The second-order valence-electron chi connectivity index (χ2n) is 10.3. The number of benzene rings is 3. The molecule has 1 N–H and O–H groups in total. The quantitative estimate of drug-likeness (QED) is 0.356.